The molecule has 1 aromatic carbocycles. The Bertz CT molecular complexity index is 445. The second-order valence-corrected chi connectivity index (χ2v) is 7.26. The fourth-order valence-corrected chi connectivity index (χ4v) is 4.67. The van der Waals surface area contributed by atoms with E-state index in [0.717, 1.165) is 18.2 Å². The Morgan fingerprint density at radius 1 is 0.955 bits per heavy atom. The monoisotopic (exact) mass is 325 g/mol. The normalized spacial score (nSPS) is 11.2. The van der Waals surface area contributed by atoms with E-state index in [1.807, 2.05) is 20.8 Å². The fraction of sp³-hybridized carbons (Fsp3) is 0.600. The Morgan fingerprint density at radius 2 is 1.50 bits per heavy atom. The van der Waals surface area contributed by atoms with Gasteiger partial charge in [0.1, 0.15) is 5.75 Å². The highest BCUT2D eigenvalue weighted by atomic mass is 28.4. The molecule has 0 aromatic heterocycles. The maximum atomic E-state index is 8.63. The molecule has 7 heteroatoms. The molecular weight excluding hydrogens is 300 g/mol. The quantitative estimate of drug-likeness (QED) is 0.350. The lowest BCUT2D eigenvalue weighted by atomic mass is 10.3. The molecule has 0 heterocycles. The summed E-state index contributed by atoms with van der Waals surface area (Å²) in [6.45, 7) is 8.15. The van der Waals surface area contributed by atoms with Gasteiger partial charge in [-0.15, -0.1) is 0 Å². The van der Waals surface area contributed by atoms with Crippen molar-refractivity contribution >= 4 is 14.5 Å². The van der Waals surface area contributed by atoms with Gasteiger partial charge in [-0.25, -0.2) is 0 Å². The largest absolute Gasteiger partial charge is 0.501 e. The van der Waals surface area contributed by atoms with Gasteiger partial charge in [0.2, 0.25) is 5.39 Å². The molecule has 0 atom stereocenters. The van der Waals surface area contributed by atoms with Crippen LogP contribution in [-0.4, -0.2) is 35.2 Å². The molecule has 0 unspecified atom stereocenters. The van der Waals surface area contributed by atoms with E-state index in [-0.39, 0.29) is 0 Å². The van der Waals surface area contributed by atoms with E-state index in [9.17, 15) is 0 Å². The maximum absolute atomic E-state index is 8.63. The Balaban J connectivity index is 2.45. The highest BCUT2D eigenvalue weighted by molar-refractivity contribution is 6.60. The van der Waals surface area contributed by atoms with E-state index in [0.29, 0.717) is 32.1 Å². The molecule has 0 aliphatic carbocycles. The van der Waals surface area contributed by atoms with Crippen LogP contribution < -0.4 is 4.74 Å². The second-order valence-electron chi connectivity index (χ2n) is 4.53. The van der Waals surface area contributed by atoms with Gasteiger partial charge in [-0.1, -0.05) is 0 Å². The molecule has 0 aliphatic heterocycles. The van der Waals surface area contributed by atoms with E-state index in [4.69, 9.17) is 23.4 Å². The topological polar surface area (TPSA) is 65.1 Å². The predicted octanol–water partition coefficient (Wildman–Crippen LogP) is 3.99. The third kappa shape index (κ3) is 6.11. The molecule has 0 spiro atoms. The van der Waals surface area contributed by atoms with Crippen molar-refractivity contribution in [3.8, 4) is 5.75 Å². The van der Waals surface area contributed by atoms with Crippen LogP contribution in [0.25, 0.3) is 4.98 Å². The van der Waals surface area contributed by atoms with Gasteiger partial charge in [0, 0.05) is 38.0 Å². The van der Waals surface area contributed by atoms with Crippen molar-refractivity contribution in [2.24, 2.45) is 0 Å². The predicted molar refractivity (Wildman–Crippen MR) is 86.7 cm³/mol. The van der Waals surface area contributed by atoms with E-state index >= 15 is 0 Å². The summed E-state index contributed by atoms with van der Waals surface area (Å²) >= 11 is 0. The van der Waals surface area contributed by atoms with Gasteiger partial charge in [0.05, 0.1) is 6.61 Å². The number of diazo groups is 1. The molecule has 0 N–H and O–H groups in total. The minimum absolute atomic E-state index is 0.503. The number of hydrogen-bond acceptors (Lipinski definition) is 5. The molecule has 22 heavy (non-hydrogen) atoms. The van der Waals surface area contributed by atoms with Gasteiger partial charge in [0.15, 0.2) is 4.98 Å². The van der Waals surface area contributed by atoms with Gasteiger partial charge >= 0.3 is 14.5 Å². The Labute approximate surface area is 133 Å². The zero-order valence-corrected chi connectivity index (χ0v) is 14.6. The van der Waals surface area contributed by atoms with Crippen LogP contribution in [0.3, 0.4) is 0 Å². The van der Waals surface area contributed by atoms with Crippen LogP contribution in [0.15, 0.2) is 24.3 Å². The summed E-state index contributed by atoms with van der Waals surface area (Å²) in [6, 6.07) is 7.65. The summed E-state index contributed by atoms with van der Waals surface area (Å²) in [6.07, 6.45) is 0.790. The third-order valence-electron chi connectivity index (χ3n) is 2.94. The second kappa shape index (κ2) is 10.3. The van der Waals surface area contributed by atoms with Gasteiger partial charge in [-0.3, -0.25) is 0 Å². The molecular formula is C15H25N2O4Si+. The lowest BCUT2D eigenvalue weighted by Gasteiger charge is -2.28. The van der Waals surface area contributed by atoms with E-state index < -0.39 is 8.80 Å². The van der Waals surface area contributed by atoms with Gasteiger partial charge in [-0.2, -0.15) is 0 Å². The fourth-order valence-electron chi connectivity index (χ4n) is 2.09. The number of ether oxygens (including phenoxy) is 1. The smallest absolute Gasteiger partial charge is 0.494 e. The summed E-state index contributed by atoms with van der Waals surface area (Å²) in [7, 11) is -2.58. The minimum atomic E-state index is -2.58. The number of hydrogen-bond donors (Lipinski definition) is 0. The average Bonchev–Trinajstić information content (AvgIpc) is 2.53. The highest BCUT2D eigenvalue weighted by Crippen LogP contribution is 2.20. The van der Waals surface area contributed by atoms with Crippen molar-refractivity contribution in [3.63, 3.8) is 0 Å². The minimum Gasteiger partial charge on any atom is -0.494 e. The molecule has 1 rings (SSSR count). The first-order valence-electron chi connectivity index (χ1n) is 7.69. The Morgan fingerprint density at radius 3 is 1.95 bits per heavy atom. The molecule has 0 aliphatic rings. The number of benzene rings is 1. The zero-order chi connectivity index (χ0) is 16.3. The van der Waals surface area contributed by atoms with Crippen molar-refractivity contribution in [1.29, 1.82) is 5.39 Å². The van der Waals surface area contributed by atoms with E-state index in [1.54, 1.807) is 24.3 Å². The molecule has 0 bridgehead atoms. The van der Waals surface area contributed by atoms with E-state index in [1.165, 1.54) is 0 Å². The number of nitrogens with zero attached hydrogens (tertiary/aromatic N) is 2. The Kier molecular flexibility index (Phi) is 8.70. The summed E-state index contributed by atoms with van der Waals surface area (Å²) in [5, 5.41) is 8.63. The zero-order valence-electron chi connectivity index (χ0n) is 13.6. The Hall–Kier alpha value is -1.46. The van der Waals surface area contributed by atoms with Crippen LogP contribution in [0.4, 0.5) is 5.69 Å². The first kappa shape index (κ1) is 18.6. The van der Waals surface area contributed by atoms with Gasteiger partial charge in [0.25, 0.3) is 0 Å². The van der Waals surface area contributed by atoms with Gasteiger partial charge in [-0.05, 0) is 39.3 Å². The molecule has 0 saturated heterocycles. The SMILES string of the molecule is CCO[Si](CCCOc1ccc([N+]#N)cc1)(OCC)OCC. The number of rotatable bonds is 11. The molecule has 122 valence electrons. The van der Waals surface area contributed by atoms with Crippen molar-refractivity contribution in [2.45, 2.75) is 33.2 Å². The molecule has 0 fully saturated rings. The molecule has 0 radical (unpaired) electrons. The van der Waals surface area contributed by atoms with Crippen molar-refractivity contribution in [3.05, 3.63) is 29.2 Å². The van der Waals surface area contributed by atoms with E-state index in [2.05, 4.69) is 4.98 Å². The third-order valence-corrected chi connectivity index (χ3v) is 6.09. The summed E-state index contributed by atoms with van der Waals surface area (Å²) in [5.74, 6) is 0.740. The van der Waals surface area contributed by atoms with Gasteiger partial charge < -0.3 is 18.0 Å². The average molecular weight is 325 g/mol. The first-order chi connectivity index (χ1) is 10.7. The summed E-state index contributed by atoms with van der Waals surface area (Å²) < 4.78 is 23.0. The van der Waals surface area contributed by atoms with Crippen LogP contribution in [0, 0.1) is 5.39 Å². The molecule has 6 nitrogen and oxygen atoms in total. The molecule has 0 saturated carbocycles. The lowest BCUT2D eigenvalue weighted by Crippen LogP contribution is -2.46. The highest BCUT2D eigenvalue weighted by Gasteiger charge is 2.39. The van der Waals surface area contributed by atoms with Crippen LogP contribution in [0.2, 0.25) is 6.04 Å². The van der Waals surface area contributed by atoms with Crippen molar-refractivity contribution in [2.75, 3.05) is 26.4 Å². The van der Waals surface area contributed by atoms with Crippen LogP contribution >= 0.6 is 0 Å². The first-order valence-corrected chi connectivity index (χ1v) is 9.62. The van der Waals surface area contributed by atoms with Crippen LogP contribution in [0.5, 0.6) is 5.75 Å². The molecule has 0 amide bonds. The molecule has 1 aromatic rings. The maximum Gasteiger partial charge on any atom is 0.501 e. The van der Waals surface area contributed by atoms with Crippen molar-refractivity contribution in [1.82, 2.24) is 0 Å². The van der Waals surface area contributed by atoms with Crippen LogP contribution in [-0.2, 0) is 13.3 Å². The van der Waals surface area contributed by atoms with Crippen LogP contribution in [0.1, 0.15) is 27.2 Å². The lowest BCUT2D eigenvalue weighted by molar-refractivity contribution is 0.0696. The van der Waals surface area contributed by atoms with Crippen molar-refractivity contribution < 1.29 is 18.0 Å². The standard InChI is InChI=1S/C15H25N2O4Si/c1-4-19-22(20-5-2,21-6-3)13-7-12-18-15-10-8-14(17-16)9-11-15/h8-11H,4-7,12-13H2,1-3H3/q+1. The summed E-state index contributed by atoms with van der Waals surface area (Å²) in [4.78, 5) is 3.10. The summed E-state index contributed by atoms with van der Waals surface area (Å²) in [5.41, 5.74) is 0.503.